The van der Waals surface area contributed by atoms with E-state index in [1.54, 1.807) is 11.3 Å². The standard InChI is InChI=1S/C12H19BrN2S/c13-12-7-10(9-16-12)8-15-6-2-1-3-11(15)4-5-14/h7,9,11H,1-6,8,14H2. The van der Waals surface area contributed by atoms with Crippen molar-refractivity contribution in [3.8, 4) is 0 Å². The number of hydrogen-bond acceptors (Lipinski definition) is 3. The van der Waals surface area contributed by atoms with Crippen molar-refractivity contribution < 1.29 is 0 Å². The van der Waals surface area contributed by atoms with Crippen LogP contribution in [-0.2, 0) is 6.54 Å². The highest BCUT2D eigenvalue weighted by atomic mass is 79.9. The Morgan fingerprint density at radius 1 is 1.50 bits per heavy atom. The lowest BCUT2D eigenvalue weighted by Crippen LogP contribution is -2.39. The summed E-state index contributed by atoms with van der Waals surface area (Å²) >= 11 is 5.30. The van der Waals surface area contributed by atoms with E-state index >= 15 is 0 Å². The van der Waals surface area contributed by atoms with E-state index in [0.29, 0.717) is 6.04 Å². The molecule has 1 aromatic rings. The summed E-state index contributed by atoms with van der Waals surface area (Å²) in [4.78, 5) is 2.60. The van der Waals surface area contributed by atoms with E-state index in [1.165, 1.54) is 35.2 Å². The van der Waals surface area contributed by atoms with E-state index in [4.69, 9.17) is 5.73 Å². The number of nitrogens with zero attached hydrogens (tertiary/aromatic N) is 1. The molecule has 16 heavy (non-hydrogen) atoms. The third-order valence-corrected chi connectivity index (χ3v) is 4.81. The van der Waals surface area contributed by atoms with E-state index < -0.39 is 0 Å². The number of halogens is 1. The van der Waals surface area contributed by atoms with Crippen LogP contribution >= 0.6 is 27.3 Å². The van der Waals surface area contributed by atoms with Crippen molar-refractivity contribution in [3.05, 3.63) is 20.8 Å². The lowest BCUT2D eigenvalue weighted by Gasteiger charge is -2.35. The molecule has 2 rings (SSSR count). The molecular weight excluding hydrogens is 284 g/mol. The zero-order valence-corrected chi connectivity index (χ0v) is 11.9. The normalized spacial score (nSPS) is 22.5. The third kappa shape index (κ3) is 3.29. The van der Waals surface area contributed by atoms with Gasteiger partial charge in [-0.3, -0.25) is 4.90 Å². The molecule has 0 radical (unpaired) electrons. The lowest BCUT2D eigenvalue weighted by atomic mass is 9.99. The van der Waals surface area contributed by atoms with Crippen LogP contribution in [0.25, 0.3) is 0 Å². The fraction of sp³-hybridized carbons (Fsp3) is 0.667. The average Bonchev–Trinajstić information content (AvgIpc) is 2.67. The van der Waals surface area contributed by atoms with Gasteiger partial charge in [0.25, 0.3) is 0 Å². The van der Waals surface area contributed by atoms with E-state index in [9.17, 15) is 0 Å². The molecule has 0 aromatic carbocycles. The zero-order chi connectivity index (χ0) is 11.4. The van der Waals surface area contributed by atoms with E-state index in [-0.39, 0.29) is 0 Å². The monoisotopic (exact) mass is 302 g/mol. The fourth-order valence-corrected chi connectivity index (χ4v) is 3.65. The van der Waals surface area contributed by atoms with Gasteiger partial charge in [0.2, 0.25) is 0 Å². The van der Waals surface area contributed by atoms with Crippen LogP contribution in [0.5, 0.6) is 0 Å². The van der Waals surface area contributed by atoms with Gasteiger partial charge in [-0.1, -0.05) is 6.42 Å². The number of piperidine rings is 1. The molecule has 2 heterocycles. The van der Waals surface area contributed by atoms with E-state index in [1.807, 2.05) is 0 Å². The summed E-state index contributed by atoms with van der Waals surface area (Å²) in [5.41, 5.74) is 7.12. The second-order valence-electron chi connectivity index (χ2n) is 4.46. The van der Waals surface area contributed by atoms with Crippen molar-refractivity contribution in [3.63, 3.8) is 0 Å². The molecule has 1 aliphatic heterocycles. The Morgan fingerprint density at radius 3 is 3.06 bits per heavy atom. The Balaban J connectivity index is 1.95. The molecule has 1 atom stereocenters. The highest BCUT2D eigenvalue weighted by Crippen LogP contribution is 2.25. The van der Waals surface area contributed by atoms with Crippen molar-refractivity contribution in [2.24, 2.45) is 5.73 Å². The number of rotatable bonds is 4. The quantitative estimate of drug-likeness (QED) is 0.925. The summed E-state index contributed by atoms with van der Waals surface area (Å²) < 4.78 is 1.23. The Hall–Kier alpha value is 0.100. The van der Waals surface area contributed by atoms with Crippen molar-refractivity contribution >= 4 is 27.3 Å². The summed E-state index contributed by atoms with van der Waals surface area (Å²) in [6.07, 6.45) is 5.18. The Morgan fingerprint density at radius 2 is 2.38 bits per heavy atom. The fourth-order valence-electron chi connectivity index (χ4n) is 2.45. The Kier molecular flexibility index (Phi) is 4.82. The largest absolute Gasteiger partial charge is 0.330 e. The summed E-state index contributed by atoms with van der Waals surface area (Å²) in [5, 5.41) is 2.25. The van der Waals surface area contributed by atoms with Gasteiger partial charge in [0.15, 0.2) is 0 Å². The molecule has 0 bridgehead atoms. The van der Waals surface area contributed by atoms with Gasteiger partial charge in [-0.15, -0.1) is 11.3 Å². The number of nitrogens with two attached hydrogens (primary N) is 1. The molecule has 1 aliphatic rings. The molecule has 1 aromatic heterocycles. The van der Waals surface area contributed by atoms with Gasteiger partial charge in [0.1, 0.15) is 0 Å². The van der Waals surface area contributed by atoms with Crippen molar-refractivity contribution in [2.75, 3.05) is 13.1 Å². The smallest absolute Gasteiger partial charge is 0.0701 e. The highest BCUT2D eigenvalue weighted by Gasteiger charge is 2.21. The lowest BCUT2D eigenvalue weighted by molar-refractivity contribution is 0.134. The van der Waals surface area contributed by atoms with Gasteiger partial charge in [0.05, 0.1) is 3.79 Å². The average molecular weight is 303 g/mol. The van der Waals surface area contributed by atoms with Gasteiger partial charge >= 0.3 is 0 Å². The molecule has 90 valence electrons. The minimum Gasteiger partial charge on any atom is -0.330 e. The van der Waals surface area contributed by atoms with Crippen molar-refractivity contribution in [2.45, 2.75) is 38.3 Å². The molecule has 0 aliphatic carbocycles. The van der Waals surface area contributed by atoms with Crippen molar-refractivity contribution in [1.82, 2.24) is 4.90 Å². The second kappa shape index (κ2) is 6.15. The molecule has 0 amide bonds. The van der Waals surface area contributed by atoms with Crippen LogP contribution in [0.1, 0.15) is 31.2 Å². The van der Waals surface area contributed by atoms with Gasteiger partial charge < -0.3 is 5.73 Å². The predicted molar refractivity (Wildman–Crippen MR) is 73.7 cm³/mol. The minimum absolute atomic E-state index is 0.706. The zero-order valence-electron chi connectivity index (χ0n) is 9.49. The number of hydrogen-bond donors (Lipinski definition) is 1. The first-order chi connectivity index (χ1) is 7.79. The maximum absolute atomic E-state index is 5.69. The molecule has 0 saturated carbocycles. The van der Waals surface area contributed by atoms with Crippen LogP contribution in [0.15, 0.2) is 15.2 Å². The topological polar surface area (TPSA) is 29.3 Å². The molecule has 2 N–H and O–H groups in total. The van der Waals surface area contributed by atoms with Crippen LogP contribution < -0.4 is 5.73 Å². The van der Waals surface area contributed by atoms with Gasteiger partial charge in [0, 0.05) is 12.6 Å². The third-order valence-electron chi connectivity index (χ3n) is 3.26. The van der Waals surface area contributed by atoms with Gasteiger partial charge in [-0.25, -0.2) is 0 Å². The van der Waals surface area contributed by atoms with Crippen LogP contribution in [0.2, 0.25) is 0 Å². The van der Waals surface area contributed by atoms with Crippen molar-refractivity contribution in [1.29, 1.82) is 0 Å². The molecule has 4 heteroatoms. The molecule has 1 unspecified atom stereocenters. The van der Waals surface area contributed by atoms with E-state index in [2.05, 4.69) is 32.3 Å². The molecule has 0 spiro atoms. The van der Waals surface area contributed by atoms with Crippen LogP contribution in [0.4, 0.5) is 0 Å². The Bertz CT molecular complexity index is 325. The highest BCUT2D eigenvalue weighted by molar-refractivity contribution is 9.11. The summed E-state index contributed by atoms with van der Waals surface area (Å²) in [6, 6.07) is 2.94. The molecule has 1 saturated heterocycles. The first kappa shape index (κ1) is 12.6. The summed E-state index contributed by atoms with van der Waals surface area (Å²) in [7, 11) is 0. The first-order valence-electron chi connectivity index (χ1n) is 5.96. The van der Waals surface area contributed by atoms with Gasteiger partial charge in [-0.2, -0.15) is 0 Å². The first-order valence-corrected chi connectivity index (χ1v) is 7.64. The summed E-state index contributed by atoms with van der Waals surface area (Å²) in [6.45, 7) is 3.14. The maximum atomic E-state index is 5.69. The van der Waals surface area contributed by atoms with E-state index in [0.717, 1.165) is 19.5 Å². The SMILES string of the molecule is NCCC1CCCCN1Cc1csc(Br)c1. The molecule has 1 fully saturated rings. The summed E-state index contributed by atoms with van der Waals surface area (Å²) in [5.74, 6) is 0. The minimum atomic E-state index is 0.706. The maximum Gasteiger partial charge on any atom is 0.0701 e. The molecule has 2 nitrogen and oxygen atoms in total. The van der Waals surface area contributed by atoms with Crippen LogP contribution in [-0.4, -0.2) is 24.0 Å². The van der Waals surface area contributed by atoms with Crippen LogP contribution in [0.3, 0.4) is 0 Å². The predicted octanol–water partition coefficient (Wildman–Crippen LogP) is 3.21. The van der Waals surface area contributed by atoms with Crippen LogP contribution in [0, 0.1) is 0 Å². The number of likely N-dealkylation sites (tertiary alicyclic amines) is 1. The Labute approximate surface area is 110 Å². The number of thiophene rings is 1. The van der Waals surface area contributed by atoms with Gasteiger partial charge in [-0.05, 0) is 65.3 Å². The molecular formula is C12H19BrN2S. The second-order valence-corrected chi connectivity index (χ2v) is 6.75.